The Morgan fingerprint density at radius 3 is 2.92 bits per heavy atom. The molecule has 2 N–H and O–H groups in total. The summed E-state index contributed by atoms with van der Waals surface area (Å²) in [5.41, 5.74) is 0.827. The maximum absolute atomic E-state index is 12.3. The minimum absolute atomic E-state index is 0.0825. The summed E-state index contributed by atoms with van der Waals surface area (Å²) in [4.78, 5) is 33.6. The van der Waals surface area contributed by atoms with Crippen molar-refractivity contribution in [3.63, 3.8) is 0 Å². The van der Waals surface area contributed by atoms with E-state index in [4.69, 9.17) is 11.6 Å². The molecule has 0 spiro atoms. The van der Waals surface area contributed by atoms with Crippen molar-refractivity contribution in [2.45, 2.75) is 25.2 Å². The van der Waals surface area contributed by atoms with Crippen molar-refractivity contribution < 1.29 is 4.79 Å². The number of rotatable bonds is 5. The Balaban J connectivity index is 1.33. The minimum Gasteiger partial charge on any atom is -0.371 e. The summed E-state index contributed by atoms with van der Waals surface area (Å²) in [7, 11) is 0. The number of amides is 1. The van der Waals surface area contributed by atoms with Crippen LogP contribution in [0.3, 0.4) is 0 Å². The summed E-state index contributed by atoms with van der Waals surface area (Å²) in [6.07, 6.45) is 4.50. The average molecular weight is 373 g/mol. The van der Waals surface area contributed by atoms with E-state index in [-0.39, 0.29) is 17.0 Å². The highest BCUT2D eigenvalue weighted by Gasteiger charge is 2.27. The number of anilines is 1. The second-order valence-corrected chi connectivity index (χ2v) is 7.51. The van der Waals surface area contributed by atoms with Gasteiger partial charge in [0.1, 0.15) is 11.4 Å². The summed E-state index contributed by atoms with van der Waals surface area (Å²) in [5, 5.41) is 3.60. The molecular formula is C19H21ClN4O2. The van der Waals surface area contributed by atoms with Crippen molar-refractivity contribution in [1.82, 2.24) is 15.3 Å². The number of hydrogen-bond donors (Lipinski definition) is 2. The number of halogens is 1. The Kier molecular flexibility index (Phi) is 4.68. The number of nitrogens with zero attached hydrogens (tertiary/aromatic N) is 2. The fourth-order valence-corrected chi connectivity index (χ4v) is 3.56. The van der Waals surface area contributed by atoms with Gasteiger partial charge in [-0.25, -0.2) is 4.98 Å². The fourth-order valence-electron chi connectivity index (χ4n) is 3.37. The third kappa shape index (κ3) is 3.75. The molecule has 0 radical (unpaired) electrons. The van der Waals surface area contributed by atoms with Gasteiger partial charge in [0, 0.05) is 42.5 Å². The van der Waals surface area contributed by atoms with Gasteiger partial charge in [-0.2, -0.15) is 0 Å². The summed E-state index contributed by atoms with van der Waals surface area (Å²) in [5.74, 6) is 1.04. The van der Waals surface area contributed by atoms with Gasteiger partial charge in [0.2, 0.25) is 0 Å². The molecule has 26 heavy (non-hydrogen) atoms. The lowest BCUT2D eigenvalue weighted by Gasteiger charge is -2.19. The van der Waals surface area contributed by atoms with Crippen LogP contribution < -0.4 is 15.8 Å². The molecule has 1 aliphatic carbocycles. The summed E-state index contributed by atoms with van der Waals surface area (Å²) in [6.45, 7) is 2.33. The Morgan fingerprint density at radius 2 is 2.19 bits per heavy atom. The summed E-state index contributed by atoms with van der Waals surface area (Å²) >= 11 is 6.06. The quantitative estimate of drug-likeness (QED) is 0.845. The van der Waals surface area contributed by atoms with E-state index in [1.807, 2.05) is 24.3 Å². The molecule has 2 aromatic rings. The van der Waals surface area contributed by atoms with Crippen molar-refractivity contribution in [2.24, 2.45) is 5.92 Å². The number of H-pyrrole nitrogens is 1. The van der Waals surface area contributed by atoms with Crippen molar-refractivity contribution >= 4 is 23.2 Å². The highest BCUT2D eigenvalue weighted by molar-refractivity contribution is 6.30. The molecule has 2 aliphatic rings. The van der Waals surface area contributed by atoms with Gasteiger partial charge < -0.3 is 15.2 Å². The highest BCUT2D eigenvalue weighted by atomic mass is 35.5. The molecule has 1 aromatic heterocycles. The maximum atomic E-state index is 12.3. The normalized spacial score (nSPS) is 19.6. The Bertz CT molecular complexity index is 878. The van der Waals surface area contributed by atoms with Crippen LogP contribution in [0.5, 0.6) is 0 Å². The van der Waals surface area contributed by atoms with E-state index in [1.165, 1.54) is 6.20 Å². The molecule has 1 aromatic carbocycles. The monoisotopic (exact) mass is 372 g/mol. The summed E-state index contributed by atoms with van der Waals surface area (Å²) < 4.78 is 0. The molecule has 7 heteroatoms. The largest absolute Gasteiger partial charge is 0.371 e. The maximum Gasteiger partial charge on any atom is 0.263 e. The lowest BCUT2D eigenvalue weighted by atomic mass is 10.1. The SMILES string of the molecule is O=C(NC[C@H]1CCN(c2cccc(Cl)c2)C1)c1cnc(C2CC2)[nH]c1=O. The third-order valence-electron chi connectivity index (χ3n) is 5.04. The van der Waals surface area contributed by atoms with Crippen molar-refractivity contribution in [3.8, 4) is 0 Å². The lowest BCUT2D eigenvalue weighted by molar-refractivity contribution is 0.0946. The molecule has 1 saturated heterocycles. The van der Waals surface area contributed by atoms with E-state index in [1.54, 1.807) is 0 Å². The van der Waals surface area contributed by atoms with Crippen LogP contribution in [0.4, 0.5) is 5.69 Å². The number of benzene rings is 1. The standard InChI is InChI=1S/C19H21ClN4O2/c20-14-2-1-3-15(8-14)24-7-6-12(11-24)9-22-18(25)16-10-21-17(13-4-5-13)23-19(16)26/h1-3,8,10,12-13H,4-7,9,11H2,(H,22,25)(H,21,23,26)/t12-/m1/s1. The van der Waals surface area contributed by atoms with Gasteiger partial charge in [-0.3, -0.25) is 9.59 Å². The number of carbonyl (C=O) groups excluding carboxylic acids is 1. The van der Waals surface area contributed by atoms with E-state index in [0.29, 0.717) is 24.2 Å². The van der Waals surface area contributed by atoms with Gasteiger partial charge in [-0.05, 0) is 43.4 Å². The first-order valence-corrected chi connectivity index (χ1v) is 9.36. The van der Waals surface area contributed by atoms with Crippen LogP contribution >= 0.6 is 11.6 Å². The molecular weight excluding hydrogens is 352 g/mol. The number of carbonyl (C=O) groups is 1. The van der Waals surface area contributed by atoms with Crippen LogP contribution in [0.15, 0.2) is 35.3 Å². The predicted octanol–water partition coefficient (Wildman–Crippen LogP) is 2.56. The first-order valence-electron chi connectivity index (χ1n) is 8.98. The van der Waals surface area contributed by atoms with E-state index in [2.05, 4.69) is 20.2 Å². The second-order valence-electron chi connectivity index (χ2n) is 7.08. The lowest BCUT2D eigenvalue weighted by Crippen LogP contribution is -2.34. The summed E-state index contributed by atoms with van der Waals surface area (Å²) in [6, 6.07) is 7.80. The fraction of sp³-hybridized carbons (Fsp3) is 0.421. The molecule has 1 aliphatic heterocycles. The molecule has 0 unspecified atom stereocenters. The van der Waals surface area contributed by atoms with E-state index >= 15 is 0 Å². The van der Waals surface area contributed by atoms with Crippen LogP contribution in [0.25, 0.3) is 0 Å². The zero-order valence-electron chi connectivity index (χ0n) is 14.4. The van der Waals surface area contributed by atoms with E-state index in [9.17, 15) is 9.59 Å². The molecule has 6 nitrogen and oxygen atoms in total. The number of hydrogen-bond acceptors (Lipinski definition) is 4. The number of aromatic amines is 1. The van der Waals surface area contributed by atoms with Crippen molar-refractivity contribution in [3.05, 3.63) is 57.2 Å². The van der Waals surface area contributed by atoms with Crippen LogP contribution in [0.2, 0.25) is 5.02 Å². The smallest absolute Gasteiger partial charge is 0.263 e. The topological polar surface area (TPSA) is 78.1 Å². The highest BCUT2D eigenvalue weighted by Crippen LogP contribution is 2.37. The molecule has 1 amide bonds. The van der Waals surface area contributed by atoms with Crippen LogP contribution in [0, 0.1) is 5.92 Å². The van der Waals surface area contributed by atoms with Crippen LogP contribution in [0.1, 0.15) is 41.4 Å². The molecule has 4 rings (SSSR count). The second kappa shape index (κ2) is 7.11. The first kappa shape index (κ1) is 17.1. The number of nitrogens with one attached hydrogen (secondary N) is 2. The van der Waals surface area contributed by atoms with Gasteiger partial charge in [0.15, 0.2) is 0 Å². The van der Waals surface area contributed by atoms with Crippen molar-refractivity contribution in [1.29, 1.82) is 0 Å². The third-order valence-corrected chi connectivity index (χ3v) is 5.27. The van der Waals surface area contributed by atoms with Crippen molar-refractivity contribution in [2.75, 3.05) is 24.5 Å². The molecule has 2 heterocycles. The molecule has 0 bridgehead atoms. The zero-order chi connectivity index (χ0) is 18.1. The average Bonchev–Trinajstić information content (AvgIpc) is 3.37. The van der Waals surface area contributed by atoms with E-state index < -0.39 is 0 Å². The Labute approximate surface area is 156 Å². The molecule has 2 fully saturated rings. The van der Waals surface area contributed by atoms with Gasteiger partial charge in [-0.15, -0.1) is 0 Å². The minimum atomic E-state index is -0.359. The van der Waals surface area contributed by atoms with Crippen LogP contribution in [-0.4, -0.2) is 35.5 Å². The van der Waals surface area contributed by atoms with Gasteiger partial charge in [-0.1, -0.05) is 17.7 Å². The number of aromatic nitrogens is 2. The van der Waals surface area contributed by atoms with E-state index in [0.717, 1.165) is 43.1 Å². The Hall–Kier alpha value is -2.34. The predicted molar refractivity (Wildman–Crippen MR) is 101 cm³/mol. The van der Waals surface area contributed by atoms with Gasteiger partial charge >= 0.3 is 0 Å². The molecule has 1 saturated carbocycles. The first-order chi connectivity index (χ1) is 12.6. The Morgan fingerprint density at radius 1 is 1.35 bits per heavy atom. The van der Waals surface area contributed by atoms with Crippen LogP contribution in [-0.2, 0) is 0 Å². The van der Waals surface area contributed by atoms with Gasteiger partial charge in [0.05, 0.1) is 0 Å². The molecule has 136 valence electrons. The van der Waals surface area contributed by atoms with Gasteiger partial charge in [0.25, 0.3) is 11.5 Å². The molecule has 1 atom stereocenters. The zero-order valence-corrected chi connectivity index (χ0v) is 15.1.